The highest BCUT2D eigenvalue weighted by atomic mass is 16.5. The van der Waals surface area contributed by atoms with Gasteiger partial charge in [-0.3, -0.25) is 0 Å². The summed E-state index contributed by atoms with van der Waals surface area (Å²) in [5.74, 6) is 3.10. The molecule has 0 atom stereocenters. The molecule has 0 aliphatic rings. The molecule has 3 aromatic rings. The van der Waals surface area contributed by atoms with E-state index in [-0.39, 0.29) is 0 Å². The van der Waals surface area contributed by atoms with Crippen molar-refractivity contribution in [2.75, 3.05) is 30.9 Å². The van der Waals surface area contributed by atoms with Gasteiger partial charge in [0.1, 0.15) is 29.5 Å². The molecular formula is C20H22N4O2. The number of rotatable bonds is 9. The molecule has 0 spiro atoms. The van der Waals surface area contributed by atoms with E-state index >= 15 is 0 Å². The first-order valence-corrected chi connectivity index (χ1v) is 8.48. The monoisotopic (exact) mass is 350 g/mol. The van der Waals surface area contributed by atoms with E-state index in [1.54, 1.807) is 7.11 Å². The van der Waals surface area contributed by atoms with E-state index in [1.807, 2.05) is 60.7 Å². The van der Waals surface area contributed by atoms with Crippen molar-refractivity contribution in [2.45, 2.75) is 6.42 Å². The standard InChI is InChI=1S/C20H22N4O2/c1-25-13-5-12-21-19-14-20(23-15-22-19)24-16-8-10-18(11-9-16)26-17-6-3-2-4-7-17/h2-4,6-11,14-15H,5,12-13H2,1H3,(H2,21,22,23,24). The minimum Gasteiger partial charge on any atom is -0.457 e. The molecule has 0 saturated carbocycles. The average Bonchev–Trinajstić information content (AvgIpc) is 2.68. The summed E-state index contributed by atoms with van der Waals surface area (Å²) in [5.41, 5.74) is 0.925. The van der Waals surface area contributed by atoms with Crippen LogP contribution >= 0.6 is 0 Å². The zero-order valence-corrected chi connectivity index (χ0v) is 14.7. The second-order valence-electron chi connectivity index (χ2n) is 5.63. The number of nitrogens with zero attached hydrogens (tertiary/aromatic N) is 2. The van der Waals surface area contributed by atoms with E-state index < -0.39 is 0 Å². The van der Waals surface area contributed by atoms with Crippen LogP contribution in [-0.4, -0.2) is 30.2 Å². The first-order valence-electron chi connectivity index (χ1n) is 8.48. The minimum absolute atomic E-state index is 0.723. The van der Waals surface area contributed by atoms with E-state index in [0.717, 1.165) is 48.4 Å². The second kappa shape index (κ2) is 9.39. The van der Waals surface area contributed by atoms with Gasteiger partial charge in [0.2, 0.25) is 0 Å². The minimum atomic E-state index is 0.723. The highest BCUT2D eigenvalue weighted by molar-refractivity contribution is 5.59. The lowest BCUT2D eigenvalue weighted by molar-refractivity contribution is 0.198. The van der Waals surface area contributed by atoms with Crippen molar-refractivity contribution < 1.29 is 9.47 Å². The number of para-hydroxylation sites is 1. The van der Waals surface area contributed by atoms with Crippen LogP contribution in [0, 0.1) is 0 Å². The molecule has 0 bridgehead atoms. The van der Waals surface area contributed by atoms with Crippen molar-refractivity contribution in [3.05, 3.63) is 67.0 Å². The van der Waals surface area contributed by atoms with Crippen molar-refractivity contribution in [3.8, 4) is 11.5 Å². The summed E-state index contributed by atoms with van der Waals surface area (Å²) in [4.78, 5) is 8.47. The Bertz CT molecular complexity index is 794. The summed E-state index contributed by atoms with van der Waals surface area (Å²) < 4.78 is 10.8. The molecule has 0 radical (unpaired) electrons. The highest BCUT2D eigenvalue weighted by Crippen LogP contribution is 2.24. The van der Waals surface area contributed by atoms with E-state index in [2.05, 4.69) is 20.6 Å². The fourth-order valence-corrected chi connectivity index (χ4v) is 2.33. The lowest BCUT2D eigenvalue weighted by atomic mass is 10.3. The Kier molecular flexibility index (Phi) is 6.39. The number of ether oxygens (including phenoxy) is 2. The van der Waals surface area contributed by atoms with E-state index in [4.69, 9.17) is 9.47 Å². The Hall–Kier alpha value is -3.12. The third-order valence-electron chi connectivity index (χ3n) is 3.60. The largest absolute Gasteiger partial charge is 0.457 e. The molecule has 0 fully saturated rings. The van der Waals surface area contributed by atoms with Gasteiger partial charge < -0.3 is 20.1 Å². The predicted octanol–water partition coefficient (Wildman–Crippen LogP) is 4.46. The fraction of sp³-hybridized carbons (Fsp3) is 0.200. The molecule has 2 N–H and O–H groups in total. The Labute approximate surface area is 153 Å². The predicted molar refractivity (Wildman–Crippen MR) is 103 cm³/mol. The summed E-state index contributed by atoms with van der Waals surface area (Å²) in [5, 5.41) is 6.52. The van der Waals surface area contributed by atoms with E-state index in [9.17, 15) is 0 Å². The maximum atomic E-state index is 5.79. The van der Waals surface area contributed by atoms with Gasteiger partial charge in [-0.05, 0) is 42.8 Å². The zero-order valence-electron chi connectivity index (χ0n) is 14.7. The summed E-state index contributed by atoms with van der Waals surface area (Å²) in [7, 11) is 1.70. The van der Waals surface area contributed by atoms with Crippen LogP contribution < -0.4 is 15.4 Å². The van der Waals surface area contributed by atoms with Gasteiger partial charge >= 0.3 is 0 Å². The Morgan fingerprint density at radius 1 is 0.885 bits per heavy atom. The van der Waals surface area contributed by atoms with Crippen molar-refractivity contribution in [3.63, 3.8) is 0 Å². The molecule has 3 rings (SSSR count). The lowest BCUT2D eigenvalue weighted by Crippen LogP contribution is -2.06. The molecule has 0 aliphatic carbocycles. The van der Waals surface area contributed by atoms with Gasteiger partial charge in [-0.2, -0.15) is 0 Å². The van der Waals surface area contributed by atoms with Gasteiger partial charge in [0, 0.05) is 32.0 Å². The second-order valence-corrected chi connectivity index (χ2v) is 5.63. The maximum absolute atomic E-state index is 5.79. The molecule has 0 saturated heterocycles. The van der Waals surface area contributed by atoms with Crippen LogP contribution in [0.1, 0.15) is 6.42 Å². The van der Waals surface area contributed by atoms with Gasteiger partial charge in [-0.15, -0.1) is 0 Å². The van der Waals surface area contributed by atoms with Gasteiger partial charge in [0.25, 0.3) is 0 Å². The number of hydrogen-bond acceptors (Lipinski definition) is 6. The van der Waals surface area contributed by atoms with Crippen LogP contribution in [0.3, 0.4) is 0 Å². The summed E-state index contributed by atoms with van der Waals surface area (Å²) in [6, 6.07) is 19.3. The van der Waals surface area contributed by atoms with Gasteiger partial charge in [0.15, 0.2) is 0 Å². The van der Waals surface area contributed by atoms with Crippen molar-refractivity contribution in [1.82, 2.24) is 9.97 Å². The smallest absolute Gasteiger partial charge is 0.135 e. The van der Waals surface area contributed by atoms with Crippen molar-refractivity contribution in [2.24, 2.45) is 0 Å². The molecular weight excluding hydrogens is 328 g/mol. The fourth-order valence-electron chi connectivity index (χ4n) is 2.33. The normalized spacial score (nSPS) is 10.3. The van der Waals surface area contributed by atoms with E-state index in [1.165, 1.54) is 6.33 Å². The molecule has 6 nitrogen and oxygen atoms in total. The molecule has 6 heteroatoms. The first kappa shape index (κ1) is 17.7. The van der Waals surface area contributed by atoms with Crippen LogP contribution in [0.15, 0.2) is 67.0 Å². The van der Waals surface area contributed by atoms with Crippen LogP contribution in [-0.2, 0) is 4.74 Å². The SMILES string of the molecule is COCCCNc1cc(Nc2ccc(Oc3ccccc3)cc2)ncn1. The van der Waals surface area contributed by atoms with Crippen LogP contribution in [0.5, 0.6) is 11.5 Å². The molecule has 26 heavy (non-hydrogen) atoms. The molecule has 2 aromatic carbocycles. The number of benzene rings is 2. The Morgan fingerprint density at radius 3 is 2.38 bits per heavy atom. The Morgan fingerprint density at radius 2 is 1.62 bits per heavy atom. The molecule has 1 heterocycles. The molecule has 134 valence electrons. The Balaban J connectivity index is 1.57. The van der Waals surface area contributed by atoms with Crippen LogP contribution in [0.2, 0.25) is 0 Å². The van der Waals surface area contributed by atoms with Gasteiger partial charge in [-0.1, -0.05) is 18.2 Å². The summed E-state index contributed by atoms with van der Waals surface area (Å²) >= 11 is 0. The molecule has 0 amide bonds. The number of methoxy groups -OCH3 is 1. The third-order valence-corrected chi connectivity index (χ3v) is 3.60. The first-order chi connectivity index (χ1) is 12.8. The highest BCUT2D eigenvalue weighted by Gasteiger charge is 2.01. The van der Waals surface area contributed by atoms with Gasteiger partial charge in [0.05, 0.1) is 0 Å². The summed E-state index contributed by atoms with van der Waals surface area (Å²) in [6.45, 7) is 1.52. The molecule has 0 unspecified atom stereocenters. The third kappa shape index (κ3) is 5.46. The number of anilines is 3. The van der Waals surface area contributed by atoms with Crippen LogP contribution in [0.25, 0.3) is 0 Å². The zero-order chi connectivity index (χ0) is 18.0. The topological polar surface area (TPSA) is 68.3 Å². The molecule has 0 aliphatic heterocycles. The van der Waals surface area contributed by atoms with Crippen molar-refractivity contribution in [1.29, 1.82) is 0 Å². The number of hydrogen-bond donors (Lipinski definition) is 2. The van der Waals surface area contributed by atoms with E-state index in [0.29, 0.717) is 0 Å². The molecule has 1 aromatic heterocycles. The maximum Gasteiger partial charge on any atom is 0.135 e. The quantitative estimate of drug-likeness (QED) is 0.555. The lowest BCUT2D eigenvalue weighted by Gasteiger charge is -2.10. The average molecular weight is 350 g/mol. The summed E-state index contributed by atoms with van der Waals surface area (Å²) in [6.07, 6.45) is 2.46. The van der Waals surface area contributed by atoms with Gasteiger partial charge in [-0.25, -0.2) is 9.97 Å². The van der Waals surface area contributed by atoms with Crippen LogP contribution in [0.4, 0.5) is 17.3 Å². The number of aromatic nitrogens is 2. The number of nitrogens with one attached hydrogen (secondary N) is 2. The van der Waals surface area contributed by atoms with Crippen molar-refractivity contribution >= 4 is 17.3 Å².